The lowest BCUT2D eigenvalue weighted by atomic mass is 10.1. The first-order valence-corrected chi connectivity index (χ1v) is 9.95. The van der Waals surface area contributed by atoms with Crippen molar-refractivity contribution in [2.24, 2.45) is 5.92 Å². The quantitative estimate of drug-likeness (QED) is 0.675. The number of hydrogen-bond acceptors (Lipinski definition) is 4. The number of benzene rings is 1. The number of morpholine rings is 1. The molecule has 1 aromatic carbocycles. The van der Waals surface area contributed by atoms with Gasteiger partial charge in [0.25, 0.3) is 0 Å². The maximum atomic E-state index is 13.2. The monoisotopic (exact) mass is 407 g/mol. The smallest absolute Gasteiger partial charge is 0.373 e. The molecule has 0 radical (unpaired) electrons. The van der Waals surface area contributed by atoms with Crippen LogP contribution in [0, 0.1) is 5.92 Å². The molecular formula is C22H28F3N3O. The van der Waals surface area contributed by atoms with Crippen LogP contribution in [0.1, 0.15) is 26.3 Å². The van der Waals surface area contributed by atoms with Gasteiger partial charge in [-0.25, -0.2) is 0 Å². The highest BCUT2D eigenvalue weighted by Gasteiger charge is 2.31. The number of halogens is 3. The third-order valence-electron chi connectivity index (χ3n) is 5.02. The SMILES string of the molecule is CC(CN1CC(C)OC(C)C1)CN(c1ccncc1)c1cccc(C(F)(F)F)c1. The summed E-state index contributed by atoms with van der Waals surface area (Å²) >= 11 is 0. The summed E-state index contributed by atoms with van der Waals surface area (Å²) in [5.74, 6) is 0.246. The Hall–Kier alpha value is -2.12. The Labute approximate surface area is 170 Å². The van der Waals surface area contributed by atoms with Crippen LogP contribution in [-0.2, 0) is 10.9 Å². The van der Waals surface area contributed by atoms with Gasteiger partial charge in [0.05, 0.1) is 17.8 Å². The Kier molecular flexibility index (Phi) is 6.80. The number of pyridine rings is 1. The highest BCUT2D eigenvalue weighted by Crippen LogP contribution is 2.34. The molecule has 1 saturated heterocycles. The van der Waals surface area contributed by atoms with Gasteiger partial charge in [0, 0.05) is 49.9 Å². The van der Waals surface area contributed by atoms with Crippen molar-refractivity contribution in [3.8, 4) is 0 Å². The summed E-state index contributed by atoms with van der Waals surface area (Å²) in [4.78, 5) is 8.35. The molecule has 0 amide bonds. The topological polar surface area (TPSA) is 28.6 Å². The minimum absolute atomic E-state index is 0.186. The van der Waals surface area contributed by atoms with Crippen LogP contribution in [0.3, 0.4) is 0 Å². The second-order valence-electron chi connectivity index (χ2n) is 7.95. The van der Waals surface area contributed by atoms with E-state index in [0.717, 1.165) is 31.4 Å². The summed E-state index contributed by atoms with van der Waals surface area (Å²) in [6.07, 6.45) is -0.680. The number of hydrogen-bond donors (Lipinski definition) is 0. The van der Waals surface area contributed by atoms with Crippen LogP contribution >= 0.6 is 0 Å². The van der Waals surface area contributed by atoms with Gasteiger partial charge in [0.1, 0.15) is 0 Å². The molecule has 1 fully saturated rings. The summed E-state index contributed by atoms with van der Waals surface area (Å²) in [6.45, 7) is 9.47. The zero-order valence-corrected chi connectivity index (χ0v) is 17.1. The lowest BCUT2D eigenvalue weighted by Crippen LogP contribution is -2.47. The number of aromatic nitrogens is 1. The Bertz CT molecular complexity index is 774. The van der Waals surface area contributed by atoms with Gasteiger partial charge in [-0.05, 0) is 50.1 Å². The van der Waals surface area contributed by atoms with Crippen molar-refractivity contribution in [3.63, 3.8) is 0 Å². The molecule has 4 nitrogen and oxygen atoms in total. The highest BCUT2D eigenvalue weighted by molar-refractivity contribution is 5.63. The first-order chi connectivity index (χ1) is 13.7. The van der Waals surface area contributed by atoms with Crippen LogP contribution in [0.25, 0.3) is 0 Å². The lowest BCUT2D eigenvalue weighted by Gasteiger charge is -2.37. The van der Waals surface area contributed by atoms with Gasteiger partial charge < -0.3 is 9.64 Å². The molecule has 1 aliphatic heterocycles. The molecule has 1 aliphatic rings. The summed E-state index contributed by atoms with van der Waals surface area (Å²) in [5, 5.41) is 0. The van der Waals surface area contributed by atoms with Crippen molar-refractivity contribution in [2.75, 3.05) is 31.1 Å². The number of nitrogens with zero attached hydrogens (tertiary/aromatic N) is 3. The average molecular weight is 407 g/mol. The summed E-state index contributed by atoms with van der Waals surface area (Å²) < 4.78 is 45.5. The van der Waals surface area contributed by atoms with Crippen LogP contribution in [0.15, 0.2) is 48.8 Å². The molecule has 7 heteroatoms. The minimum Gasteiger partial charge on any atom is -0.373 e. The predicted octanol–water partition coefficient (Wildman–Crippen LogP) is 4.98. The van der Waals surface area contributed by atoms with Gasteiger partial charge in [-0.2, -0.15) is 13.2 Å². The molecule has 1 aromatic heterocycles. The lowest BCUT2D eigenvalue weighted by molar-refractivity contribution is -0.137. The van der Waals surface area contributed by atoms with E-state index in [1.165, 1.54) is 12.1 Å². The molecule has 2 aromatic rings. The average Bonchev–Trinajstić information content (AvgIpc) is 2.65. The fourth-order valence-electron chi connectivity index (χ4n) is 3.98. The third kappa shape index (κ3) is 5.93. The molecule has 3 atom stereocenters. The molecule has 2 heterocycles. The maximum Gasteiger partial charge on any atom is 0.416 e. The van der Waals surface area contributed by atoms with E-state index in [1.807, 2.05) is 17.0 Å². The summed E-state index contributed by atoms with van der Waals surface area (Å²) in [6, 6.07) is 9.15. The van der Waals surface area contributed by atoms with E-state index < -0.39 is 11.7 Å². The van der Waals surface area contributed by atoms with Gasteiger partial charge in [-0.3, -0.25) is 9.88 Å². The van der Waals surface area contributed by atoms with Crippen LogP contribution in [0.2, 0.25) is 0 Å². The van der Waals surface area contributed by atoms with Crippen molar-refractivity contribution in [1.82, 2.24) is 9.88 Å². The Morgan fingerprint density at radius 3 is 2.38 bits per heavy atom. The van der Waals surface area contributed by atoms with Gasteiger partial charge in [0.15, 0.2) is 0 Å². The standard InChI is InChI=1S/C22H28F3N3O/c1-16(12-27-14-17(2)29-18(3)15-27)13-28(20-7-9-26-10-8-20)21-6-4-5-19(11-21)22(23,24)25/h4-11,16-18H,12-15H2,1-3H3. The number of ether oxygens (including phenoxy) is 1. The van der Waals surface area contributed by atoms with Gasteiger partial charge >= 0.3 is 6.18 Å². The van der Waals surface area contributed by atoms with Crippen molar-refractivity contribution in [1.29, 1.82) is 0 Å². The summed E-state index contributed by atoms with van der Waals surface area (Å²) in [7, 11) is 0. The Morgan fingerprint density at radius 1 is 1.10 bits per heavy atom. The van der Waals surface area contributed by atoms with Crippen molar-refractivity contribution in [3.05, 3.63) is 54.4 Å². The van der Waals surface area contributed by atoms with Crippen LogP contribution < -0.4 is 4.90 Å². The Balaban J connectivity index is 1.80. The van der Waals surface area contributed by atoms with Crippen molar-refractivity contribution >= 4 is 11.4 Å². The second-order valence-corrected chi connectivity index (χ2v) is 7.95. The first kappa shape index (κ1) is 21.6. The van der Waals surface area contributed by atoms with E-state index in [4.69, 9.17) is 4.74 Å². The van der Waals surface area contributed by atoms with Crippen molar-refractivity contribution < 1.29 is 17.9 Å². The first-order valence-electron chi connectivity index (χ1n) is 9.95. The molecule has 3 unspecified atom stereocenters. The molecule has 29 heavy (non-hydrogen) atoms. The molecule has 0 spiro atoms. The normalized spacial score (nSPS) is 21.7. The predicted molar refractivity (Wildman–Crippen MR) is 108 cm³/mol. The van der Waals surface area contributed by atoms with E-state index in [9.17, 15) is 13.2 Å². The molecular weight excluding hydrogens is 379 g/mol. The fourth-order valence-corrected chi connectivity index (χ4v) is 3.98. The largest absolute Gasteiger partial charge is 0.416 e. The zero-order chi connectivity index (χ0) is 21.0. The zero-order valence-electron chi connectivity index (χ0n) is 17.1. The van der Waals surface area contributed by atoms with Crippen LogP contribution in [0.5, 0.6) is 0 Å². The number of rotatable bonds is 6. The van der Waals surface area contributed by atoms with Crippen molar-refractivity contribution in [2.45, 2.75) is 39.2 Å². The van der Waals surface area contributed by atoms with E-state index in [2.05, 4.69) is 30.7 Å². The molecule has 0 aliphatic carbocycles. The highest BCUT2D eigenvalue weighted by atomic mass is 19.4. The van der Waals surface area contributed by atoms with E-state index >= 15 is 0 Å². The molecule has 0 saturated carbocycles. The molecule has 0 bridgehead atoms. The Morgan fingerprint density at radius 2 is 1.76 bits per heavy atom. The maximum absolute atomic E-state index is 13.2. The molecule has 158 valence electrons. The van der Waals surface area contributed by atoms with E-state index in [0.29, 0.717) is 12.2 Å². The van der Waals surface area contributed by atoms with E-state index in [1.54, 1.807) is 18.5 Å². The van der Waals surface area contributed by atoms with E-state index in [-0.39, 0.29) is 18.1 Å². The second kappa shape index (κ2) is 9.13. The molecule has 3 rings (SSSR count). The summed E-state index contributed by atoms with van der Waals surface area (Å²) in [5.41, 5.74) is 0.717. The fraction of sp³-hybridized carbons (Fsp3) is 0.500. The minimum atomic E-state index is -4.37. The van der Waals surface area contributed by atoms with Gasteiger partial charge in [0.2, 0.25) is 0 Å². The molecule has 0 N–H and O–H groups in total. The van der Waals surface area contributed by atoms with Gasteiger partial charge in [-0.15, -0.1) is 0 Å². The van der Waals surface area contributed by atoms with Crippen LogP contribution in [-0.4, -0.2) is 48.3 Å². The third-order valence-corrected chi connectivity index (χ3v) is 5.02. The van der Waals surface area contributed by atoms with Crippen LogP contribution in [0.4, 0.5) is 24.5 Å². The number of anilines is 2. The van der Waals surface area contributed by atoms with Gasteiger partial charge in [-0.1, -0.05) is 13.0 Å². The number of alkyl halides is 3.